The number of nitrogens with zero attached hydrogens (tertiary/aromatic N) is 2. The first kappa shape index (κ1) is 11.5. The molecule has 0 saturated carbocycles. The molecule has 0 atom stereocenters. The van der Waals surface area contributed by atoms with Crippen molar-refractivity contribution in [3.63, 3.8) is 0 Å². The SMILES string of the molecule is CCOC(=O)Cc1nc(C#N)ccc1Cl. The number of rotatable bonds is 3. The Morgan fingerprint density at radius 2 is 2.40 bits per heavy atom. The van der Waals surface area contributed by atoms with Crippen LogP contribution >= 0.6 is 11.6 Å². The van der Waals surface area contributed by atoms with Crippen molar-refractivity contribution in [1.29, 1.82) is 5.26 Å². The van der Waals surface area contributed by atoms with Crippen LogP contribution in [-0.2, 0) is 16.0 Å². The van der Waals surface area contributed by atoms with Gasteiger partial charge in [0.2, 0.25) is 0 Å². The molecule has 0 aromatic carbocycles. The summed E-state index contributed by atoms with van der Waals surface area (Å²) in [5, 5.41) is 8.98. The number of carbonyl (C=O) groups is 1. The van der Waals surface area contributed by atoms with Gasteiger partial charge in [0.05, 0.1) is 23.7 Å². The molecular weight excluding hydrogens is 216 g/mol. The van der Waals surface area contributed by atoms with E-state index in [4.69, 9.17) is 21.6 Å². The molecule has 0 saturated heterocycles. The third-order valence-corrected chi connectivity index (χ3v) is 1.99. The molecular formula is C10H9ClN2O2. The maximum atomic E-state index is 11.2. The van der Waals surface area contributed by atoms with E-state index in [9.17, 15) is 4.79 Å². The van der Waals surface area contributed by atoms with E-state index in [-0.39, 0.29) is 12.1 Å². The summed E-state index contributed by atoms with van der Waals surface area (Å²) < 4.78 is 4.75. The number of nitriles is 1. The van der Waals surface area contributed by atoms with Crippen molar-refractivity contribution in [2.45, 2.75) is 13.3 Å². The number of hydrogen-bond acceptors (Lipinski definition) is 4. The van der Waals surface area contributed by atoms with Gasteiger partial charge in [-0.05, 0) is 19.1 Å². The van der Waals surface area contributed by atoms with Gasteiger partial charge < -0.3 is 4.74 Å². The third kappa shape index (κ3) is 3.22. The molecule has 0 unspecified atom stereocenters. The quantitative estimate of drug-likeness (QED) is 0.734. The lowest BCUT2D eigenvalue weighted by molar-refractivity contribution is -0.142. The number of aromatic nitrogens is 1. The second-order valence-electron chi connectivity index (χ2n) is 2.72. The Hall–Kier alpha value is -1.60. The van der Waals surface area contributed by atoms with Crippen LogP contribution in [0.4, 0.5) is 0 Å². The molecule has 0 amide bonds. The van der Waals surface area contributed by atoms with Crippen LogP contribution in [0.1, 0.15) is 18.3 Å². The molecule has 0 spiro atoms. The molecule has 0 N–H and O–H groups in total. The minimum absolute atomic E-state index is 0.0117. The van der Waals surface area contributed by atoms with E-state index in [0.29, 0.717) is 17.3 Å². The first-order valence-corrected chi connectivity index (χ1v) is 4.76. The largest absolute Gasteiger partial charge is 0.466 e. The fourth-order valence-electron chi connectivity index (χ4n) is 1.02. The van der Waals surface area contributed by atoms with Gasteiger partial charge in [0.15, 0.2) is 0 Å². The smallest absolute Gasteiger partial charge is 0.311 e. The Morgan fingerprint density at radius 3 is 3.00 bits per heavy atom. The van der Waals surface area contributed by atoms with Crippen molar-refractivity contribution in [3.8, 4) is 6.07 Å². The molecule has 0 aliphatic rings. The van der Waals surface area contributed by atoms with Crippen molar-refractivity contribution < 1.29 is 9.53 Å². The van der Waals surface area contributed by atoms with Crippen LogP contribution in [0.25, 0.3) is 0 Å². The third-order valence-electron chi connectivity index (χ3n) is 1.65. The molecule has 1 aromatic rings. The molecule has 0 aliphatic carbocycles. The number of esters is 1. The summed E-state index contributed by atoms with van der Waals surface area (Å²) >= 11 is 5.82. The molecule has 1 heterocycles. The summed E-state index contributed by atoms with van der Waals surface area (Å²) in [6.07, 6.45) is -0.0117. The Labute approximate surface area is 92.4 Å². The number of halogens is 1. The van der Waals surface area contributed by atoms with E-state index in [2.05, 4.69) is 4.98 Å². The minimum Gasteiger partial charge on any atom is -0.466 e. The van der Waals surface area contributed by atoms with Gasteiger partial charge in [-0.25, -0.2) is 4.98 Å². The second-order valence-corrected chi connectivity index (χ2v) is 3.13. The highest BCUT2D eigenvalue weighted by molar-refractivity contribution is 6.31. The highest BCUT2D eigenvalue weighted by atomic mass is 35.5. The summed E-state index contributed by atoms with van der Waals surface area (Å²) in [6.45, 7) is 2.03. The van der Waals surface area contributed by atoms with Crippen molar-refractivity contribution in [2.75, 3.05) is 6.61 Å². The fourth-order valence-corrected chi connectivity index (χ4v) is 1.19. The zero-order chi connectivity index (χ0) is 11.3. The standard InChI is InChI=1S/C10H9ClN2O2/c1-2-15-10(14)5-9-8(11)4-3-7(6-12)13-9/h3-4H,2,5H2,1H3. The topological polar surface area (TPSA) is 63.0 Å². The zero-order valence-corrected chi connectivity index (χ0v) is 8.91. The van der Waals surface area contributed by atoms with E-state index in [1.54, 1.807) is 13.0 Å². The average molecular weight is 225 g/mol. The molecule has 1 rings (SSSR count). The van der Waals surface area contributed by atoms with Crippen LogP contribution in [0.2, 0.25) is 5.02 Å². The number of ether oxygens (including phenoxy) is 1. The number of pyridine rings is 1. The number of carbonyl (C=O) groups excluding carboxylic acids is 1. The van der Waals surface area contributed by atoms with Crippen LogP contribution < -0.4 is 0 Å². The predicted octanol–water partition coefficient (Wildman–Crippen LogP) is 1.71. The lowest BCUT2D eigenvalue weighted by atomic mass is 10.2. The molecule has 78 valence electrons. The second kappa shape index (κ2) is 5.32. The van der Waals surface area contributed by atoms with Crippen LogP contribution in [0.15, 0.2) is 12.1 Å². The summed E-state index contributed by atoms with van der Waals surface area (Å²) in [6, 6.07) is 4.92. The molecule has 0 radical (unpaired) electrons. The lowest BCUT2D eigenvalue weighted by Crippen LogP contribution is -2.09. The summed E-state index contributed by atoms with van der Waals surface area (Å²) in [7, 11) is 0. The monoisotopic (exact) mass is 224 g/mol. The summed E-state index contributed by atoms with van der Waals surface area (Å²) in [5.41, 5.74) is 0.605. The van der Waals surface area contributed by atoms with Crippen LogP contribution in [0, 0.1) is 11.3 Å². The Bertz CT molecular complexity index is 412. The normalized spacial score (nSPS) is 9.40. The van der Waals surface area contributed by atoms with Crippen molar-refractivity contribution in [1.82, 2.24) is 4.98 Å². The van der Waals surface area contributed by atoms with Gasteiger partial charge in [0.1, 0.15) is 11.8 Å². The van der Waals surface area contributed by atoms with Crippen LogP contribution in [0.5, 0.6) is 0 Å². The average Bonchev–Trinajstić information content (AvgIpc) is 2.21. The van der Waals surface area contributed by atoms with Gasteiger partial charge >= 0.3 is 5.97 Å². The molecule has 1 aromatic heterocycles. The van der Waals surface area contributed by atoms with Crippen LogP contribution in [-0.4, -0.2) is 17.6 Å². The molecule has 0 bridgehead atoms. The Balaban J connectivity index is 2.85. The Morgan fingerprint density at radius 1 is 1.67 bits per heavy atom. The van der Waals surface area contributed by atoms with E-state index in [1.807, 2.05) is 6.07 Å². The zero-order valence-electron chi connectivity index (χ0n) is 8.16. The van der Waals surface area contributed by atoms with E-state index in [1.165, 1.54) is 6.07 Å². The highest BCUT2D eigenvalue weighted by Gasteiger charge is 2.10. The summed E-state index contributed by atoms with van der Waals surface area (Å²) in [5.74, 6) is -0.401. The molecule has 15 heavy (non-hydrogen) atoms. The maximum absolute atomic E-state index is 11.2. The molecule has 5 heteroatoms. The fraction of sp³-hybridized carbons (Fsp3) is 0.300. The van der Waals surface area contributed by atoms with Crippen LogP contribution in [0.3, 0.4) is 0 Å². The van der Waals surface area contributed by atoms with Gasteiger partial charge in [0, 0.05) is 0 Å². The van der Waals surface area contributed by atoms with E-state index < -0.39 is 5.97 Å². The molecule has 0 fully saturated rings. The van der Waals surface area contributed by atoms with E-state index >= 15 is 0 Å². The first-order chi connectivity index (χ1) is 7.17. The highest BCUT2D eigenvalue weighted by Crippen LogP contribution is 2.14. The Kier molecular flexibility index (Phi) is 4.07. The van der Waals surface area contributed by atoms with Crippen molar-refractivity contribution >= 4 is 17.6 Å². The van der Waals surface area contributed by atoms with Gasteiger partial charge in [-0.15, -0.1) is 0 Å². The number of hydrogen-bond donors (Lipinski definition) is 0. The summed E-state index contributed by atoms with van der Waals surface area (Å²) in [4.78, 5) is 15.1. The van der Waals surface area contributed by atoms with Gasteiger partial charge in [0.25, 0.3) is 0 Å². The maximum Gasteiger partial charge on any atom is 0.311 e. The van der Waals surface area contributed by atoms with Gasteiger partial charge in [-0.2, -0.15) is 5.26 Å². The van der Waals surface area contributed by atoms with Gasteiger partial charge in [-0.1, -0.05) is 11.6 Å². The first-order valence-electron chi connectivity index (χ1n) is 4.38. The lowest BCUT2D eigenvalue weighted by Gasteiger charge is -2.03. The van der Waals surface area contributed by atoms with Crippen molar-refractivity contribution in [3.05, 3.63) is 28.5 Å². The minimum atomic E-state index is -0.401. The van der Waals surface area contributed by atoms with E-state index in [0.717, 1.165) is 0 Å². The predicted molar refractivity (Wildman–Crippen MR) is 54.3 cm³/mol. The van der Waals surface area contributed by atoms with Crippen molar-refractivity contribution in [2.24, 2.45) is 0 Å². The molecule has 0 aliphatic heterocycles. The van der Waals surface area contributed by atoms with Gasteiger partial charge in [-0.3, -0.25) is 4.79 Å². The molecule has 4 nitrogen and oxygen atoms in total.